The summed E-state index contributed by atoms with van der Waals surface area (Å²) in [7, 11) is 0. The van der Waals surface area contributed by atoms with Crippen LogP contribution in [-0.2, 0) is 4.74 Å². The summed E-state index contributed by atoms with van der Waals surface area (Å²) in [6, 6.07) is 3.98. The summed E-state index contributed by atoms with van der Waals surface area (Å²) in [6.45, 7) is -1.44. The summed E-state index contributed by atoms with van der Waals surface area (Å²) in [5.41, 5.74) is 5.28. The third kappa shape index (κ3) is 5.30. The highest BCUT2D eigenvalue weighted by atomic mass is 35.5. The molecule has 4 aliphatic heterocycles. The zero-order chi connectivity index (χ0) is 34.2. The molecule has 3 fully saturated rings. The van der Waals surface area contributed by atoms with E-state index >= 15 is 4.39 Å². The second-order valence-corrected chi connectivity index (χ2v) is 14.5. The minimum absolute atomic E-state index is 0.0131. The monoisotopic (exact) mass is 720 g/mol. The SMILES string of the molecule is N#Cc1c(N)sc2c(F)ccc(-c3c(Cl)c4c5c(nc(OCC67CCCN6C[C@H](F)C7)nc5c3F)N3CCC(OC(F)F)CC3CCO4)c12. The van der Waals surface area contributed by atoms with Gasteiger partial charge in [0.2, 0.25) is 0 Å². The third-order valence-electron chi connectivity index (χ3n) is 10.3. The molecule has 0 bridgehead atoms. The predicted octanol–water partition coefficient (Wildman–Crippen LogP) is 7.21. The quantitative estimate of drug-likeness (QED) is 0.207. The molecule has 6 heterocycles. The van der Waals surface area contributed by atoms with Crippen LogP contribution < -0.4 is 20.1 Å². The smallest absolute Gasteiger partial charge is 0.345 e. The van der Waals surface area contributed by atoms with Crippen LogP contribution in [0.4, 0.5) is 32.8 Å². The van der Waals surface area contributed by atoms with Crippen molar-refractivity contribution in [2.75, 3.05) is 43.5 Å². The molecule has 2 aromatic carbocycles. The molecule has 8 rings (SSSR count). The Morgan fingerprint density at radius 3 is 2.84 bits per heavy atom. The molecule has 0 radical (unpaired) electrons. The van der Waals surface area contributed by atoms with Gasteiger partial charge in [-0.25, -0.2) is 13.2 Å². The summed E-state index contributed by atoms with van der Waals surface area (Å²) < 4.78 is 90.4. The number of piperidine rings is 1. The van der Waals surface area contributed by atoms with Gasteiger partial charge in [0.05, 0.1) is 38.9 Å². The van der Waals surface area contributed by atoms with E-state index < -0.39 is 36.1 Å². The number of thiophene rings is 1. The normalized spacial score (nSPS) is 25.3. The molecule has 49 heavy (non-hydrogen) atoms. The van der Waals surface area contributed by atoms with Gasteiger partial charge in [-0.05, 0) is 43.9 Å². The van der Waals surface area contributed by atoms with Gasteiger partial charge < -0.3 is 24.8 Å². The highest BCUT2D eigenvalue weighted by molar-refractivity contribution is 7.23. The number of nitrogen functional groups attached to an aromatic ring is 1. The second kappa shape index (κ2) is 12.3. The number of benzene rings is 2. The standard InChI is InChI=1S/C33H30ClF5N6O3S/c34-24-22(18-2-3-20(36)28-21(18)19(12-40)29(41)49-28)25(37)26-23-27(24)46-9-5-16-10-17(48-31(38)39)4-8-45(16)30(23)43-32(42-26)47-14-33-6-1-7-44(33)13-15(35)11-33/h2-3,15-17,31H,1,4-11,13-14,41H2/t15-,16?,17?,33?/m1/s1. The van der Waals surface area contributed by atoms with Gasteiger partial charge in [0, 0.05) is 42.9 Å². The van der Waals surface area contributed by atoms with Gasteiger partial charge in [-0.3, -0.25) is 4.90 Å². The topological polar surface area (TPSA) is 110 Å². The number of aromatic nitrogens is 2. The van der Waals surface area contributed by atoms with Gasteiger partial charge in [0.25, 0.3) is 0 Å². The Kier molecular flexibility index (Phi) is 8.13. The van der Waals surface area contributed by atoms with E-state index in [0.717, 1.165) is 36.8 Å². The first-order chi connectivity index (χ1) is 23.6. The molecule has 16 heteroatoms. The summed E-state index contributed by atoms with van der Waals surface area (Å²) in [6.07, 6.45) is 1.10. The Morgan fingerprint density at radius 1 is 1.20 bits per heavy atom. The number of nitrogens with two attached hydrogens (primary N) is 1. The van der Waals surface area contributed by atoms with Crippen molar-refractivity contribution in [3.8, 4) is 29.0 Å². The van der Waals surface area contributed by atoms with Crippen molar-refractivity contribution >= 4 is 54.7 Å². The molecule has 0 spiro atoms. The fraction of sp³-hybridized carbons (Fsp3) is 0.485. The van der Waals surface area contributed by atoms with Crippen molar-refractivity contribution in [1.82, 2.24) is 14.9 Å². The lowest BCUT2D eigenvalue weighted by atomic mass is 9.94. The maximum atomic E-state index is 17.2. The molecule has 3 saturated heterocycles. The van der Waals surface area contributed by atoms with Crippen molar-refractivity contribution in [2.24, 2.45) is 0 Å². The minimum Gasteiger partial charge on any atom is -0.491 e. The summed E-state index contributed by atoms with van der Waals surface area (Å²) >= 11 is 7.87. The van der Waals surface area contributed by atoms with E-state index in [4.69, 9.17) is 36.5 Å². The van der Waals surface area contributed by atoms with E-state index in [-0.39, 0.29) is 104 Å². The number of rotatable bonds is 6. The van der Waals surface area contributed by atoms with Gasteiger partial charge >= 0.3 is 12.6 Å². The number of halogens is 6. The molecule has 9 nitrogen and oxygen atoms in total. The zero-order valence-electron chi connectivity index (χ0n) is 26.0. The minimum atomic E-state index is -2.92. The van der Waals surface area contributed by atoms with Crippen molar-refractivity contribution in [3.05, 3.63) is 34.4 Å². The van der Waals surface area contributed by atoms with Crippen molar-refractivity contribution in [2.45, 2.75) is 69.0 Å². The van der Waals surface area contributed by atoms with Crippen LogP contribution in [0.15, 0.2) is 12.1 Å². The molecule has 0 amide bonds. The number of alkyl halides is 3. The maximum Gasteiger partial charge on any atom is 0.345 e. The highest BCUT2D eigenvalue weighted by Crippen LogP contribution is 2.51. The lowest BCUT2D eigenvalue weighted by Gasteiger charge is -2.41. The number of fused-ring (bicyclic) bond motifs is 4. The number of ether oxygens (including phenoxy) is 3. The molecule has 4 aromatic rings. The Morgan fingerprint density at radius 2 is 2.04 bits per heavy atom. The average molecular weight is 721 g/mol. The summed E-state index contributed by atoms with van der Waals surface area (Å²) in [4.78, 5) is 13.3. The lowest BCUT2D eigenvalue weighted by molar-refractivity contribution is -0.169. The van der Waals surface area contributed by atoms with Crippen molar-refractivity contribution in [1.29, 1.82) is 5.26 Å². The molecule has 4 aliphatic rings. The zero-order valence-corrected chi connectivity index (χ0v) is 27.5. The summed E-state index contributed by atoms with van der Waals surface area (Å²) in [5, 5.41) is 10.1. The van der Waals surface area contributed by atoms with Crippen LogP contribution in [0.5, 0.6) is 11.8 Å². The van der Waals surface area contributed by atoms with Gasteiger partial charge in [-0.2, -0.15) is 24.0 Å². The number of hydrogen-bond acceptors (Lipinski definition) is 10. The van der Waals surface area contributed by atoms with Crippen LogP contribution in [0.3, 0.4) is 0 Å². The Hall–Kier alpha value is -3.71. The van der Waals surface area contributed by atoms with Gasteiger partial charge in [-0.15, -0.1) is 11.3 Å². The molecule has 0 aliphatic carbocycles. The molecule has 3 unspecified atom stereocenters. The maximum absolute atomic E-state index is 17.2. The third-order valence-corrected chi connectivity index (χ3v) is 11.7. The fourth-order valence-electron chi connectivity index (χ4n) is 8.17. The van der Waals surface area contributed by atoms with E-state index in [2.05, 4.69) is 9.88 Å². The Bertz CT molecular complexity index is 2030. The predicted molar refractivity (Wildman–Crippen MR) is 174 cm³/mol. The molecule has 258 valence electrons. The first kappa shape index (κ1) is 32.5. The second-order valence-electron chi connectivity index (χ2n) is 13.0. The van der Waals surface area contributed by atoms with Crippen molar-refractivity contribution in [3.63, 3.8) is 0 Å². The van der Waals surface area contributed by atoms with E-state index in [0.29, 0.717) is 19.4 Å². The highest BCUT2D eigenvalue weighted by Gasteiger charge is 2.49. The molecule has 2 aromatic heterocycles. The van der Waals surface area contributed by atoms with E-state index in [1.165, 1.54) is 6.07 Å². The van der Waals surface area contributed by atoms with E-state index in [9.17, 15) is 22.8 Å². The number of nitrogens with zero attached hydrogens (tertiary/aromatic N) is 5. The molecular weight excluding hydrogens is 691 g/mol. The van der Waals surface area contributed by atoms with Crippen LogP contribution in [0, 0.1) is 23.0 Å². The number of hydrogen-bond donors (Lipinski definition) is 1. The molecule has 2 N–H and O–H groups in total. The first-order valence-electron chi connectivity index (χ1n) is 16.1. The summed E-state index contributed by atoms with van der Waals surface area (Å²) in [5.74, 6) is -1.19. The molecule has 0 saturated carbocycles. The number of anilines is 2. The van der Waals surface area contributed by atoms with Crippen molar-refractivity contribution < 1.29 is 36.2 Å². The molecule has 4 atom stereocenters. The van der Waals surface area contributed by atoms with Crippen LogP contribution in [0.25, 0.3) is 32.1 Å². The molecular formula is C33H30ClF5N6O3S. The van der Waals surface area contributed by atoms with Crippen LogP contribution in [0.2, 0.25) is 5.02 Å². The van der Waals surface area contributed by atoms with E-state index in [1.54, 1.807) is 0 Å². The Balaban J connectivity index is 1.32. The van der Waals surface area contributed by atoms with Crippen LogP contribution in [-0.4, -0.2) is 78.2 Å². The van der Waals surface area contributed by atoms with Crippen LogP contribution in [0.1, 0.15) is 44.1 Å². The van der Waals surface area contributed by atoms with Gasteiger partial charge in [-0.1, -0.05) is 17.7 Å². The van der Waals surface area contributed by atoms with Crippen LogP contribution >= 0.6 is 22.9 Å². The fourth-order valence-corrected chi connectivity index (χ4v) is 9.45. The van der Waals surface area contributed by atoms with Gasteiger partial charge in [0.15, 0.2) is 11.6 Å². The number of nitriles is 1. The largest absolute Gasteiger partial charge is 0.491 e. The lowest BCUT2D eigenvalue weighted by Crippen LogP contribution is -2.47. The Labute approximate surface area is 286 Å². The average Bonchev–Trinajstić information content (AvgIpc) is 3.70. The first-order valence-corrected chi connectivity index (χ1v) is 17.3. The van der Waals surface area contributed by atoms with Gasteiger partial charge in [0.1, 0.15) is 41.0 Å². The van der Waals surface area contributed by atoms with E-state index in [1.807, 2.05) is 11.0 Å².